The Balaban J connectivity index is 0.00000288. The summed E-state index contributed by atoms with van der Waals surface area (Å²) in [7, 11) is 0. The van der Waals surface area contributed by atoms with Gasteiger partial charge in [0.1, 0.15) is 12.4 Å². The van der Waals surface area contributed by atoms with Gasteiger partial charge in [-0.15, -0.1) is 24.0 Å². The topological polar surface area (TPSA) is 66.0 Å². The SMILES string of the molecule is CCNC(=NCCOc1cccc(NC(C)=O)c1)N1CCCC1.I. The number of aliphatic imine (C=N–C) groups is 1. The molecule has 0 aliphatic carbocycles. The van der Waals surface area contributed by atoms with Crippen LogP contribution >= 0.6 is 24.0 Å². The number of benzene rings is 1. The highest BCUT2D eigenvalue weighted by Crippen LogP contribution is 2.17. The van der Waals surface area contributed by atoms with Crippen molar-refractivity contribution < 1.29 is 9.53 Å². The van der Waals surface area contributed by atoms with E-state index in [1.165, 1.54) is 19.8 Å². The van der Waals surface area contributed by atoms with Gasteiger partial charge in [0.15, 0.2) is 5.96 Å². The Morgan fingerprint density at radius 3 is 2.75 bits per heavy atom. The summed E-state index contributed by atoms with van der Waals surface area (Å²) >= 11 is 0. The third kappa shape index (κ3) is 6.94. The number of ether oxygens (including phenoxy) is 1. The van der Waals surface area contributed by atoms with E-state index in [9.17, 15) is 4.79 Å². The van der Waals surface area contributed by atoms with Gasteiger partial charge in [0, 0.05) is 38.3 Å². The van der Waals surface area contributed by atoms with Crippen LogP contribution in [0.25, 0.3) is 0 Å². The number of likely N-dealkylation sites (tertiary alicyclic amines) is 1. The zero-order valence-electron chi connectivity index (χ0n) is 14.4. The van der Waals surface area contributed by atoms with Gasteiger partial charge < -0.3 is 20.3 Å². The van der Waals surface area contributed by atoms with E-state index in [1.807, 2.05) is 24.3 Å². The van der Waals surface area contributed by atoms with Gasteiger partial charge in [0.05, 0.1) is 6.54 Å². The van der Waals surface area contributed by atoms with Crippen LogP contribution in [0, 0.1) is 0 Å². The van der Waals surface area contributed by atoms with Gasteiger partial charge in [-0.3, -0.25) is 4.79 Å². The van der Waals surface area contributed by atoms with Crippen molar-refractivity contribution in [1.29, 1.82) is 0 Å². The van der Waals surface area contributed by atoms with Crippen LogP contribution in [0.1, 0.15) is 26.7 Å². The molecular weight excluding hydrogens is 419 g/mol. The fraction of sp³-hybridized carbons (Fsp3) is 0.529. The Morgan fingerprint density at radius 1 is 1.33 bits per heavy atom. The summed E-state index contributed by atoms with van der Waals surface area (Å²) in [6.45, 7) is 7.69. The summed E-state index contributed by atoms with van der Waals surface area (Å²) in [5, 5.41) is 6.07. The molecule has 24 heavy (non-hydrogen) atoms. The summed E-state index contributed by atoms with van der Waals surface area (Å²) in [5.41, 5.74) is 0.740. The largest absolute Gasteiger partial charge is 0.492 e. The second-order valence-corrected chi connectivity index (χ2v) is 5.49. The first-order valence-corrected chi connectivity index (χ1v) is 8.22. The fourth-order valence-corrected chi connectivity index (χ4v) is 2.54. The average Bonchev–Trinajstić information content (AvgIpc) is 3.04. The Hall–Kier alpha value is -1.51. The number of halogens is 1. The number of rotatable bonds is 6. The lowest BCUT2D eigenvalue weighted by molar-refractivity contribution is -0.114. The van der Waals surface area contributed by atoms with E-state index in [-0.39, 0.29) is 29.9 Å². The van der Waals surface area contributed by atoms with Crippen LogP contribution in [0.4, 0.5) is 5.69 Å². The molecule has 7 heteroatoms. The lowest BCUT2D eigenvalue weighted by atomic mass is 10.3. The summed E-state index contributed by atoms with van der Waals surface area (Å²) in [4.78, 5) is 18.0. The van der Waals surface area contributed by atoms with Crippen molar-refractivity contribution in [2.75, 3.05) is 38.1 Å². The number of guanidine groups is 1. The summed E-state index contributed by atoms with van der Waals surface area (Å²) in [5.74, 6) is 1.62. The molecule has 0 spiro atoms. The van der Waals surface area contributed by atoms with Gasteiger partial charge >= 0.3 is 0 Å². The van der Waals surface area contributed by atoms with Gasteiger partial charge in [-0.2, -0.15) is 0 Å². The van der Waals surface area contributed by atoms with Crippen LogP contribution in [0.3, 0.4) is 0 Å². The highest BCUT2D eigenvalue weighted by Gasteiger charge is 2.15. The van der Waals surface area contributed by atoms with Crippen LogP contribution in [0.5, 0.6) is 5.75 Å². The molecule has 1 amide bonds. The summed E-state index contributed by atoms with van der Waals surface area (Å²) < 4.78 is 5.71. The number of anilines is 1. The van der Waals surface area contributed by atoms with E-state index in [1.54, 1.807) is 0 Å². The predicted octanol–water partition coefficient (Wildman–Crippen LogP) is 2.70. The molecule has 1 saturated heterocycles. The number of hydrogen-bond donors (Lipinski definition) is 2. The van der Waals surface area contributed by atoms with Crippen molar-refractivity contribution in [3.8, 4) is 5.75 Å². The molecule has 1 aromatic carbocycles. The van der Waals surface area contributed by atoms with Crippen molar-refractivity contribution >= 4 is 41.5 Å². The lowest BCUT2D eigenvalue weighted by Crippen LogP contribution is -2.39. The maximum Gasteiger partial charge on any atom is 0.221 e. The average molecular weight is 446 g/mol. The molecule has 0 saturated carbocycles. The zero-order valence-corrected chi connectivity index (χ0v) is 16.7. The lowest BCUT2D eigenvalue weighted by Gasteiger charge is -2.20. The first-order valence-electron chi connectivity index (χ1n) is 8.22. The quantitative estimate of drug-likeness (QED) is 0.305. The van der Waals surface area contributed by atoms with Crippen LogP contribution in [-0.2, 0) is 4.79 Å². The smallest absolute Gasteiger partial charge is 0.221 e. The molecule has 1 aromatic rings. The maximum atomic E-state index is 11.1. The van der Waals surface area contributed by atoms with E-state index >= 15 is 0 Å². The molecule has 0 unspecified atom stereocenters. The fourth-order valence-electron chi connectivity index (χ4n) is 2.54. The molecule has 2 rings (SSSR count). The van der Waals surface area contributed by atoms with Crippen molar-refractivity contribution in [2.45, 2.75) is 26.7 Å². The molecule has 0 bridgehead atoms. The number of carbonyl (C=O) groups is 1. The third-order valence-corrected chi connectivity index (χ3v) is 3.52. The van der Waals surface area contributed by atoms with Crippen molar-refractivity contribution in [1.82, 2.24) is 10.2 Å². The van der Waals surface area contributed by atoms with Crippen LogP contribution in [-0.4, -0.2) is 49.6 Å². The molecule has 0 radical (unpaired) electrons. The molecule has 0 atom stereocenters. The number of nitrogens with zero attached hydrogens (tertiary/aromatic N) is 2. The number of carbonyl (C=O) groups excluding carboxylic acids is 1. The minimum Gasteiger partial charge on any atom is -0.492 e. The number of amides is 1. The minimum absolute atomic E-state index is 0. The molecule has 1 heterocycles. The summed E-state index contributed by atoms with van der Waals surface area (Å²) in [6, 6.07) is 7.39. The number of nitrogens with one attached hydrogen (secondary N) is 2. The third-order valence-electron chi connectivity index (χ3n) is 3.52. The van der Waals surface area contributed by atoms with Crippen molar-refractivity contribution in [2.24, 2.45) is 4.99 Å². The Labute approximate surface area is 161 Å². The second kappa shape index (κ2) is 11.1. The molecule has 0 aromatic heterocycles. The molecular formula is C17H27IN4O2. The van der Waals surface area contributed by atoms with Gasteiger partial charge in [0.2, 0.25) is 5.91 Å². The van der Waals surface area contributed by atoms with Gasteiger partial charge in [-0.25, -0.2) is 4.99 Å². The predicted molar refractivity (Wildman–Crippen MR) is 108 cm³/mol. The van der Waals surface area contributed by atoms with E-state index < -0.39 is 0 Å². The van der Waals surface area contributed by atoms with Gasteiger partial charge in [-0.05, 0) is 31.9 Å². The standard InChI is InChI=1S/C17H26N4O2.HI/c1-3-18-17(21-10-4-5-11-21)19-9-12-23-16-8-6-7-15(13-16)20-14(2)22;/h6-8,13H,3-5,9-12H2,1-2H3,(H,18,19)(H,20,22);1H. The molecule has 2 N–H and O–H groups in total. The van der Waals surface area contributed by atoms with E-state index in [2.05, 4.69) is 27.4 Å². The van der Waals surface area contributed by atoms with Crippen LogP contribution < -0.4 is 15.4 Å². The highest BCUT2D eigenvalue weighted by molar-refractivity contribution is 14.0. The van der Waals surface area contributed by atoms with Crippen molar-refractivity contribution in [3.05, 3.63) is 24.3 Å². The van der Waals surface area contributed by atoms with Gasteiger partial charge in [0.25, 0.3) is 0 Å². The van der Waals surface area contributed by atoms with E-state index in [0.717, 1.165) is 37.0 Å². The van der Waals surface area contributed by atoms with Crippen molar-refractivity contribution in [3.63, 3.8) is 0 Å². The second-order valence-electron chi connectivity index (χ2n) is 5.49. The molecule has 134 valence electrons. The van der Waals surface area contributed by atoms with Crippen LogP contribution in [0.2, 0.25) is 0 Å². The maximum absolute atomic E-state index is 11.1. The molecule has 1 aliphatic heterocycles. The van der Waals surface area contributed by atoms with E-state index in [0.29, 0.717) is 13.2 Å². The Kier molecular flexibility index (Phi) is 9.51. The highest BCUT2D eigenvalue weighted by atomic mass is 127. The first kappa shape index (κ1) is 20.5. The Bertz CT molecular complexity index is 545. The molecule has 6 nitrogen and oxygen atoms in total. The molecule has 1 fully saturated rings. The zero-order chi connectivity index (χ0) is 16.5. The number of hydrogen-bond acceptors (Lipinski definition) is 3. The summed E-state index contributed by atoms with van der Waals surface area (Å²) in [6.07, 6.45) is 2.47. The monoisotopic (exact) mass is 446 g/mol. The first-order chi connectivity index (χ1) is 11.2. The Morgan fingerprint density at radius 2 is 2.08 bits per heavy atom. The normalized spacial score (nSPS) is 14.1. The van der Waals surface area contributed by atoms with Gasteiger partial charge in [-0.1, -0.05) is 6.07 Å². The minimum atomic E-state index is -0.0901. The molecule has 1 aliphatic rings. The van der Waals surface area contributed by atoms with E-state index in [4.69, 9.17) is 4.74 Å². The van der Waals surface area contributed by atoms with Crippen LogP contribution in [0.15, 0.2) is 29.3 Å².